The Hall–Kier alpha value is -3.04. The number of hydrogen-bond acceptors (Lipinski definition) is 6. The molecule has 1 heterocycles. The number of carbonyl (C=O) groups is 1. The Morgan fingerprint density at radius 1 is 1.22 bits per heavy atom. The number of nitrogens with one attached hydrogen (secondary N) is 2. The highest BCUT2D eigenvalue weighted by Crippen LogP contribution is 2.24. The topological polar surface area (TPSA) is 77.4 Å². The van der Waals surface area contributed by atoms with Crippen molar-refractivity contribution in [2.75, 3.05) is 43.0 Å². The van der Waals surface area contributed by atoms with Gasteiger partial charge in [-0.2, -0.15) is 5.26 Å². The highest BCUT2D eigenvalue weighted by molar-refractivity contribution is 5.65. The quantitative estimate of drug-likeness (QED) is 0.766. The van der Waals surface area contributed by atoms with E-state index < -0.39 is 0 Å². The van der Waals surface area contributed by atoms with E-state index in [0.29, 0.717) is 13.1 Å². The second-order valence-corrected chi connectivity index (χ2v) is 5.97. The summed E-state index contributed by atoms with van der Waals surface area (Å²) in [6.07, 6.45) is 0. The van der Waals surface area contributed by atoms with Crippen LogP contribution in [0, 0.1) is 11.3 Å². The van der Waals surface area contributed by atoms with Crippen molar-refractivity contribution in [2.45, 2.75) is 13.5 Å². The molecule has 0 amide bonds. The van der Waals surface area contributed by atoms with Crippen molar-refractivity contribution in [2.24, 2.45) is 0 Å². The van der Waals surface area contributed by atoms with Gasteiger partial charge in [0.25, 0.3) is 6.47 Å². The number of hydrogen-bond donors (Lipinski definition) is 2. The molecule has 6 nitrogen and oxygen atoms in total. The van der Waals surface area contributed by atoms with Gasteiger partial charge in [-0.05, 0) is 30.7 Å². The van der Waals surface area contributed by atoms with Crippen LogP contribution in [-0.2, 0) is 16.1 Å². The van der Waals surface area contributed by atoms with Crippen molar-refractivity contribution in [1.82, 2.24) is 5.32 Å². The van der Waals surface area contributed by atoms with Gasteiger partial charge in [0.05, 0.1) is 17.9 Å². The van der Waals surface area contributed by atoms with Crippen LogP contribution in [0.4, 0.5) is 11.4 Å². The van der Waals surface area contributed by atoms with Crippen LogP contribution in [0.15, 0.2) is 48.5 Å². The first-order chi connectivity index (χ1) is 13.3. The molecule has 27 heavy (non-hydrogen) atoms. The van der Waals surface area contributed by atoms with Gasteiger partial charge in [-0.3, -0.25) is 4.79 Å². The zero-order chi connectivity index (χ0) is 19.3. The lowest BCUT2D eigenvalue weighted by Gasteiger charge is -2.30. The van der Waals surface area contributed by atoms with Gasteiger partial charge in [0.2, 0.25) is 0 Å². The molecule has 0 aromatic heterocycles. The SMILES string of the molecule is CCOC=O.N#Cc1cc(NCc2ccccc2)ccc1N1CCNCC1. The smallest absolute Gasteiger partial charge is 0.293 e. The number of carbonyl (C=O) groups excluding carboxylic acids is 1. The second-order valence-electron chi connectivity index (χ2n) is 5.97. The first-order valence-electron chi connectivity index (χ1n) is 9.11. The summed E-state index contributed by atoms with van der Waals surface area (Å²) in [5.74, 6) is 0. The van der Waals surface area contributed by atoms with Crippen LogP contribution >= 0.6 is 0 Å². The van der Waals surface area contributed by atoms with Gasteiger partial charge in [0.1, 0.15) is 6.07 Å². The summed E-state index contributed by atoms with van der Waals surface area (Å²) in [5.41, 5.74) is 3.99. The lowest BCUT2D eigenvalue weighted by molar-refractivity contribution is -0.128. The van der Waals surface area contributed by atoms with Gasteiger partial charge >= 0.3 is 0 Å². The van der Waals surface area contributed by atoms with Crippen molar-refractivity contribution in [3.8, 4) is 6.07 Å². The van der Waals surface area contributed by atoms with E-state index in [1.807, 2.05) is 24.3 Å². The van der Waals surface area contributed by atoms with E-state index in [0.717, 1.165) is 49.7 Å². The molecule has 0 atom stereocenters. The molecule has 0 radical (unpaired) electrons. The molecular weight excluding hydrogens is 340 g/mol. The summed E-state index contributed by atoms with van der Waals surface area (Å²) in [6, 6.07) is 18.6. The number of nitrogens with zero attached hydrogens (tertiary/aromatic N) is 2. The van der Waals surface area contributed by atoms with E-state index in [2.05, 4.69) is 50.6 Å². The zero-order valence-corrected chi connectivity index (χ0v) is 15.6. The second kappa shape index (κ2) is 11.6. The third-order valence-corrected chi connectivity index (χ3v) is 4.15. The largest absolute Gasteiger partial charge is 0.468 e. The van der Waals surface area contributed by atoms with E-state index >= 15 is 0 Å². The summed E-state index contributed by atoms with van der Waals surface area (Å²) in [7, 11) is 0. The van der Waals surface area contributed by atoms with Gasteiger partial charge in [0.15, 0.2) is 0 Å². The molecule has 1 aliphatic rings. The Balaban J connectivity index is 0.000000465. The molecule has 2 N–H and O–H groups in total. The fourth-order valence-corrected chi connectivity index (χ4v) is 2.79. The molecule has 142 valence electrons. The molecule has 0 bridgehead atoms. The molecule has 0 spiro atoms. The summed E-state index contributed by atoms with van der Waals surface area (Å²) >= 11 is 0. The summed E-state index contributed by atoms with van der Waals surface area (Å²) in [4.78, 5) is 11.5. The predicted molar refractivity (Wildman–Crippen MR) is 108 cm³/mol. The maximum absolute atomic E-state index is 9.44. The minimum atomic E-state index is 0.431. The summed E-state index contributed by atoms with van der Waals surface area (Å²) < 4.78 is 4.15. The predicted octanol–water partition coefficient (Wildman–Crippen LogP) is 2.76. The van der Waals surface area contributed by atoms with Gasteiger partial charge in [-0.1, -0.05) is 30.3 Å². The summed E-state index contributed by atoms with van der Waals surface area (Å²) in [6.45, 7) is 7.27. The average molecular weight is 366 g/mol. The van der Waals surface area contributed by atoms with Crippen LogP contribution < -0.4 is 15.5 Å². The highest BCUT2D eigenvalue weighted by Gasteiger charge is 2.14. The van der Waals surface area contributed by atoms with E-state index in [1.165, 1.54) is 5.56 Å². The average Bonchev–Trinajstić information content (AvgIpc) is 2.74. The van der Waals surface area contributed by atoms with Crippen LogP contribution in [0.25, 0.3) is 0 Å². The fraction of sp³-hybridized carbons (Fsp3) is 0.333. The molecule has 0 unspecified atom stereocenters. The number of anilines is 2. The third-order valence-electron chi connectivity index (χ3n) is 4.15. The Morgan fingerprint density at radius 3 is 2.56 bits per heavy atom. The highest BCUT2D eigenvalue weighted by atomic mass is 16.5. The molecule has 2 aromatic rings. The number of benzene rings is 2. The minimum Gasteiger partial charge on any atom is -0.468 e. The van der Waals surface area contributed by atoms with E-state index in [9.17, 15) is 10.1 Å². The lowest BCUT2D eigenvalue weighted by Crippen LogP contribution is -2.43. The molecule has 2 aromatic carbocycles. The van der Waals surface area contributed by atoms with Crippen LogP contribution in [0.2, 0.25) is 0 Å². The van der Waals surface area contributed by atoms with Crippen molar-refractivity contribution in [3.05, 3.63) is 59.7 Å². The van der Waals surface area contributed by atoms with Crippen molar-refractivity contribution < 1.29 is 9.53 Å². The Labute approximate surface area is 160 Å². The lowest BCUT2D eigenvalue weighted by atomic mass is 10.1. The van der Waals surface area contributed by atoms with E-state index in [-0.39, 0.29) is 0 Å². The first kappa shape index (κ1) is 20.3. The fourth-order valence-electron chi connectivity index (χ4n) is 2.79. The molecule has 1 saturated heterocycles. The number of piperazine rings is 1. The van der Waals surface area contributed by atoms with E-state index in [4.69, 9.17) is 0 Å². The molecule has 0 saturated carbocycles. The van der Waals surface area contributed by atoms with Crippen LogP contribution in [-0.4, -0.2) is 39.3 Å². The maximum atomic E-state index is 9.44. The van der Waals surface area contributed by atoms with Crippen molar-refractivity contribution >= 4 is 17.8 Å². The monoisotopic (exact) mass is 366 g/mol. The van der Waals surface area contributed by atoms with Gasteiger partial charge in [0, 0.05) is 38.4 Å². The number of rotatable bonds is 6. The Morgan fingerprint density at radius 2 is 1.96 bits per heavy atom. The minimum absolute atomic E-state index is 0.431. The third kappa shape index (κ3) is 6.65. The summed E-state index contributed by atoms with van der Waals surface area (Å²) in [5, 5.41) is 16.2. The molecule has 3 rings (SSSR count). The number of ether oxygens (including phenoxy) is 1. The molecule has 0 aliphatic carbocycles. The first-order valence-corrected chi connectivity index (χ1v) is 9.11. The van der Waals surface area contributed by atoms with Gasteiger partial charge in [-0.25, -0.2) is 0 Å². The van der Waals surface area contributed by atoms with E-state index in [1.54, 1.807) is 6.92 Å². The molecule has 6 heteroatoms. The number of nitriles is 1. The van der Waals surface area contributed by atoms with Crippen LogP contribution in [0.1, 0.15) is 18.1 Å². The molecular formula is C21H26N4O2. The zero-order valence-electron chi connectivity index (χ0n) is 15.6. The molecule has 1 fully saturated rings. The van der Waals surface area contributed by atoms with Crippen molar-refractivity contribution in [3.63, 3.8) is 0 Å². The van der Waals surface area contributed by atoms with Gasteiger partial charge < -0.3 is 20.3 Å². The van der Waals surface area contributed by atoms with Crippen molar-refractivity contribution in [1.29, 1.82) is 5.26 Å². The normalized spacial score (nSPS) is 13.0. The maximum Gasteiger partial charge on any atom is 0.293 e. The Bertz CT molecular complexity index is 738. The van der Waals surface area contributed by atoms with Crippen LogP contribution in [0.5, 0.6) is 0 Å². The molecule has 1 aliphatic heterocycles. The standard InChI is InChI=1S/C18H20N4.C3H6O2/c19-13-16-12-17(21-14-15-4-2-1-3-5-15)6-7-18(16)22-10-8-20-9-11-22;1-2-5-3-4/h1-7,12,20-21H,8-11,14H2;3H,2H2,1H3. The van der Waals surface area contributed by atoms with Gasteiger partial charge in [-0.15, -0.1) is 0 Å². The Kier molecular flexibility index (Phi) is 8.67. The van der Waals surface area contributed by atoms with Crippen LogP contribution in [0.3, 0.4) is 0 Å².